The van der Waals surface area contributed by atoms with Crippen molar-refractivity contribution in [2.75, 3.05) is 0 Å². The van der Waals surface area contributed by atoms with Gasteiger partial charge in [-0.05, 0) is 13.8 Å². The van der Waals surface area contributed by atoms with Gasteiger partial charge in [0, 0.05) is 24.0 Å². The third-order valence-electron chi connectivity index (χ3n) is 1.89. The first kappa shape index (κ1) is 16.6. The Bertz CT molecular complexity index is 423. The monoisotopic (exact) mass is 269 g/mol. The smallest absolute Gasteiger partial charge is 0.359 e. The van der Waals surface area contributed by atoms with E-state index in [1.54, 1.807) is 0 Å². The second-order valence-electron chi connectivity index (χ2n) is 3.83. The number of hydrogen-bond acceptors (Lipinski definition) is 5. The van der Waals surface area contributed by atoms with Gasteiger partial charge in [0.2, 0.25) is 0 Å². The number of aliphatic carboxylic acids is 1. The number of nitrogens with zero attached hydrogens (tertiary/aromatic N) is 1. The summed E-state index contributed by atoms with van der Waals surface area (Å²) in [6.07, 6.45) is 0.199. The topological polar surface area (TPSA) is 101 Å². The third-order valence-corrected chi connectivity index (χ3v) is 1.89. The summed E-state index contributed by atoms with van der Waals surface area (Å²) in [5.74, 6) is -2.67. The molecule has 1 heterocycles. The van der Waals surface area contributed by atoms with Crippen LogP contribution in [0.5, 0.6) is 0 Å². The van der Waals surface area contributed by atoms with Crippen molar-refractivity contribution in [1.29, 1.82) is 0 Å². The standard InChI is InChI=1S/C8H9NO4.C4H6O2/c1-5(2)8(12)13-9-6(10)3-4-7(9)11;1-3(2)4(5)6/h1,3-4H2,2H3;1H2,2H3,(H,5,6). The summed E-state index contributed by atoms with van der Waals surface area (Å²) in [5.41, 5.74) is 0.322. The zero-order valence-electron chi connectivity index (χ0n) is 10.8. The van der Waals surface area contributed by atoms with E-state index in [2.05, 4.69) is 18.0 Å². The minimum Gasteiger partial charge on any atom is -0.478 e. The lowest BCUT2D eigenvalue weighted by Crippen LogP contribution is -2.32. The van der Waals surface area contributed by atoms with Gasteiger partial charge < -0.3 is 9.94 Å². The molecule has 7 nitrogen and oxygen atoms in total. The number of rotatable bonds is 3. The van der Waals surface area contributed by atoms with E-state index in [0.717, 1.165) is 0 Å². The largest absolute Gasteiger partial charge is 0.478 e. The zero-order chi connectivity index (χ0) is 15.2. The van der Waals surface area contributed by atoms with E-state index in [4.69, 9.17) is 5.11 Å². The van der Waals surface area contributed by atoms with Crippen LogP contribution in [0, 0.1) is 0 Å². The van der Waals surface area contributed by atoms with Gasteiger partial charge in [-0.2, -0.15) is 0 Å². The molecule has 1 N–H and O–H groups in total. The molecule has 19 heavy (non-hydrogen) atoms. The fraction of sp³-hybridized carbons (Fsp3) is 0.333. The van der Waals surface area contributed by atoms with E-state index in [1.165, 1.54) is 13.8 Å². The molecule has 1 rings (SSSR count). The highest BCUT2D eigenvalue weighted by atomic mass is 16.7. The highest BCUT2D eigenvalue weighted by Crippen LogP contribution is 2.12. The van der Waals surface area contributed by atoms with Crippen LogP contribution in [0.1, 0.15) is 26.7 Å². The molecule has 0 aromatic heterocycles. The minimum absolute atomic E-state index is 0.0995. The molecular formula is C12H15NO6. The van der Waals surface area contributed by atoms with Gasteiger partial charge in [0.1, 0.15) is 0 Å². The molecule has 104 valence electrons. The number of carboxylic acid groups (broad SMARTS) is 1. The number of imide groups is 1. The maximum Gasteiger partial charge on any atom is 0.359 e. The summed E-state index contributed by atoms with van der Waals surface area (Å²) in [7, 11) is 0. The second-order valence-corrected chi connectivity index (χ2v) is 3.83. The van der Waals surface area contributed by atoms with E-state index >= 15 is 0 Å². The van der Waals surface area contributed by atoms with Crippen LogP contribution < -0.4 is 0 Å². The molecular weight excluding hydrogens is 254 g/mol. The molecule has 0 radical (unpaired) electrons. The normalized spacial score (nSPS) is 13.5. The second kappa shape index (κ2) is 7.10. The van der Waals surface area contributed by atoms with Gasteiger partial charge in [-0.3, -0.25) is 9.59 Å². The summed E-state index contributed by atoms with van der Waals surface area (Å²) < 4.78 is 0. The Hall–Kier alpha value is -2.44. The molecule has 1 saturated heterocycles. The number of carbonyl (C=O) groups is 4. The van der Waals surface area contributed by atoms with Crippen molar-refractivity contribution < 1.29 is 29.1 Å². The molecule has 0 unspecified atom stereocenters. The molecule has 0 bridgehead atoms. The predicted molar refractivity (Wildman–Crippen MR) is 64.4 cm³/mol. The number of hydroxylamine groups is 2. The lowest BCUT2D eigenvalue weighted by molar-refractivity contribution is -0.194. The van der Waals surface area contributed by atoms with Crippen molar-refractivity contribution in [1.82, 2.24) is 5.06 Å². The van der Waals surface area contributed by atoms with Crippen LogP contribution in [-0.4, -0.2) is 33.9 Å². The van der Waals surface area contributed by atoms with Crippen LogP contribution in [0.4, 0.5) is 0 Å². The summed E-state index contributed by atoms with van der Waals surface area (Å²) in [6, 6.07) is 0. The minimum atomic E-state index is -0.935. The van der Waals surface area contributed by atoms with Crippen LogP contribution in [0.15, 0.2) is 24.3 Å². The van der Waals surface area contributed by atoms with Gasteiger partial charge in [-0.1, -0.05) is 13.2 Å². The molecule has 0 aromatic carbocycles. The Morgan fingerprint density at radius 1 is 1.11 bits per heavy atom. The van der Waals surface area contributed by atoms with E-state index in [1.807, 2.05) is 0 Å². The van der Waals surface area contributed by atoms with Crippen molar-refractivity contribution in [3.8, 4) is 0 Å². The lowest BCUT2D eigenvalue weighted by atomic mass is 10.4. The van der Waals surface area contributed by atoms with E-state index in [0.29, 0.717) is 5.06 Å². The first-order chi connectivity index (χ1) is 8.66. The summed E-state index contributed by atoms with van der Waals surface area (Å²) in [4.78, 5) is 46.9. The van der Waals surface area contributed by atoms with Crippen molar-refractivity contribution in [2.45, 2.75) is 26.7 Å². The first-order valence-corrected chi connectivity index (χ1v) is 5.29. The van der Waals surface area contributed by atoms with Crippen molar-refractivity contribution in [3.05, 3.63) is 24.3 Å². The molecule has 0 aromatic rings. The van der Waals surface area contributed by atoms with E-state index in [-0.39, 0.29) is 24.0 Å². The molecule has 7 heteroatoms. The summed E-state index contributed by atoms with van der Waals surface area (Å²) >= 11 is 0. The Balaban J connectivity index is 0.000000459. The fourth-order valence-corrected chi connectivity index (χ4v) is 0.819. The van der Waals surface area contributed by atoms with Gasteiger partial charge >= 0.3 is 11.9 Å². The van der Waals surface area contributed by atoms with Crippen LogP contribution >= 0.6 is 0 Å². The van der Waals surface area contributed by atoms with Gasteiger partial charge in [0.25, 0.3) is 11.8 Å². The van der Waals surface area contributed by atoms with Gasteiger partial charge in [0.05, 0.1) is 0 Å². The SMILES string of the molecule is C=C(C)C(=O)O.C=C(C)C(=O)ON1C(=O)CCC1=O. The van der Waals surface area contributed by atoms with Gasteiger partial charge in [-0.25, -0.2) is 9.59 Å². The molecule has 1 aliphatic rings. The average molecular weight is 269 g/mol. The third kappa shape index (κ3) is 5.62. The highest BCUT2D eigenvalue weighted by molar-refractivity contribution is 6.02. The molecule has 2 amide bonds. The maximum absolute atomic E-state index is 10.9. The summed E-state index contributed by atoms with van der Waals surface area (Å²) in [5, 5.41) is 8.39. The summed E-state index contributed by atoms with van der Waals surface area (Å²) in [6.45, 7) is 9.36. The van der Waals surface area contributed by atoms with Crippen molar-refractivity contribution in [2.24, 2.45) is 0 Å². The van der Waals surface area contributed by atoms with Crippen molar-refractivity contribution >= 4 is 23.8 Å². The molecule has 0 aliphatic carbocycles. The zero-order valence-corrected chi connectivity index (χ0v) is 10.8. The Morgan fingerprint density at radius 3 is 1.74 bits per heavy atom. The highest BCUT2D eigenvalue weighted by Gasteiger charge is 2.32. The van der Waals surface area contributed by atoms with Crippen molar-refractivity contribution in [3.63, 3.8) is 0 Å². The Labute approximate surface area is 110 Å². The molecule has 1 aliphatic heterocycles. The number of hydrogen-bond donors (Lipinski definition) is 1. The number of carboxylic acids is 1. The fourth-order valence-electron chi connectivity index (χ4n) is 0.819. The number of carbonyl (C=O) groups excluding carboxylic acids is 3. The van der Waals surface area contributed by atoms with Crippen LogP contribution in [0.3, 0.4) is 0 Å². The van der Waals surface area contributed by atoms with Gasteiger partial charge in [-0.15, -0.1) is 5.06 Å². The van der Waals surface area contributed by atoms with Crippen LogP contribution in [0.25, 0.3) is 0 Å². The van der Waals surface area contributed by atoms with E-state index < -0.39 is 23.8 Å². The average Bonchev–Trinajstić information content (AvgIpc) is 2.61. The molecule has 0 atom stereocenters. The molecule has 0 saturated carbocycles. The van der Waals surface area contributed by atoms with Crippen LogP contribution in [0.2, 0.25) is 0 Å². The quantitative estimate of drug-likeness (QED) is 0.601. The maximum atomic E-state index is 10.9. The Morgan fingerprint density at radius 2 is 1.47 bits per heavy atom. The Kier molecular flexibility index (Phi) is 6.19. The lowest BCUT2D eigenvalue weighted by Gasteiger charge is -2.11. The van der Waals surface area contributed by atoms with E-state index in [9.17, 15) is 19.2 Å². The first-order valence-electron chi connectivity index (χ1n) is 5.29. The van der Waals surface area contributed by atoms with Gasteiger partial charge in [0.15, 0.2) is 0 Å². The molecule has 0 spiro atoms. The molecule has 1 fully saturated rings. The number of amides is 2. The van der Waals surface area contributed by atoms with Crippen LogP contribution in [-0.2, 0) is 24.0 Å². The predicted octanol–water partition coefficient (Wildman–Crippen LogP) is 0.817.